The van der Waals surface area contributed by atoms with Gasteiger partial charge in [0.1, 0.15) is 12.9 Å². The minimum atomic E-state index is -4.32. The van der Waals surface area contributed by atoms with E-state index in [-0.39, 0.29) is 6.79 Å². The van der Waals surface area contributed by atoms with Gasteiger partial charge in [0, 0.05) is 24.7 Å². The highest BCUT2D eigenvalue weighted by atomic mass is 35.5. The summed E-state index contributed by atoms with van der Waals surface area (Å²) < 4.78 is 42.8. The molecule has 0 heterocycles. The van der Waals surface area contributed by atoms with Crippen molar-refractivity contribution in [1.82, 2.24) is 4.31 Å². The number of likely N-dealkylation sites (N-methyl/N-ethyl adjacent to an activating group) is 1. The molecule has 0 unspecified atom stereocenters. The van der Waals surface area contributed by atoms with E-state index in [0.29, 0.717) is 10.6 Å². The zero-order valence-electron chi connectivity index (χ0n) is 11.5. The summed E-state index contributed by atoms with van der Waals surface area (Å²) in [5.41, 5.74) is 0.620. The van der Waals surface area contributed by atoms with Crippen molar-refractivity contribution in [3.63, 3.8) is 0 Å². The number of ether oxygens (including phenoxy) is 2. The van der Waals surface area contributed by atoms with Gasteiger partial charge in [0.15, 0.2) is 0 Å². The number of nitrogens with zero attached hydrogens (tertiary/aromatic N) is 1. The molecule has 8 heteroatoms. The molecule has 0 aliphatic rings. The summed E-state index contributed by atoms with van der Waals surface area (Å²) in [5.74, 6) is 0. The summed E-state index contributed by atoms with van der Waals surface area (Å²) in [5, 5.41) is 0.448. The fraction of sp³-hybridized carbons (Fsp3) is 0.500. The van der Waals surface area contributed by atoms with E-state index >= 15 is 0 Å². The number of halogens is 1. The second-order valence-electron chi connectivity index (χ2n) is 4.25. The van der Waals surface area contributed by atoms with Crippen LogP contribution >= 0.6 is 11.6 Å². The first-order chi connectivity index (χ1) is 9.29. The molecule has 0 saturated carbocycles. The molecule has 0 saturated heterocycles. The SMILES string of the molecule is COCO[C@@H](c1ccccc1Cl)[C@H](C)N(C)S(=O)(=O)O. The molecule has 20 heavy (non-hydrogen) atoms. The van der Waals surface area contributed by atoms with Gasteiger partial charge < -0.3 is 9.47 Å². The van der Waals surface area contributed by atoms with Crippen LogP contribution in [0.25, 0.3) is 0 Å². The molecule has 0 aliphatic heterocycles. The predicted molar refractivity (Wildman–Crippen MR) is 75.9 cm³/mol. The lowest BCUT2D eigenvalue weighted by molar-refractivity contribution is -0.0902. The average Bonchev–Trinajstić information content (AvgIpc) is 2.38. The Morgan fingerprint density at radius 3 is 2.50 bits per heavy atom. The maximum absolute atomic E-state index is 11.2. The summed E-state index contributed by atoms with van der Waals surface area (Å²) in [7, 11) is -1.60. The zero-order valence-corrected chi connectivity index (χ0v) is 13.1. The van der Waals surface area contributed by atoms with Crippen molar-refractivity contribution in [2.45, 2.75) is 19.1 Å². The van der Waals surface area contributed by atoms with E-state index in [1.165, 1.54) is 14.2 Å². The first-order valence-electron chi connectivity index (χ1n) is 5.84. The van der Waals surface area contributed by atoms with Gasteiger partial charge in [-0.2, -0.15) is 12.7 Å². The predicted octanol–water partition coefficient (Wildman–Crippen LogP) is 2.12. The topological polar surface area (TPSA) is 76.1 Å². The Bertz CT molecular complexity index is 536. The highest BCUT2D eigenvalue weighted by Gasteiger charge is 2.30. The Hall–Kier alpha value is -0.700. The number of hydrogen-bond donors (Lipinski definition) is 1. The lowest BCUT2D eigenvalue weighted by atomic mass is 10.0. The lowest BCUT2D eigenvalue weighted by Gasteiger charge is -2.30. The van der Waals surface area contributed by atoms with Crippen molar-refractivity contribution in [3.8, 4) is 0 Å². The summed E-state index contributed by atoms with van der Waals surface area (Å²) in [6.07, 6.45) is -0.671. The summed E-state index contributed by atoms with van der Waals surface area (Å²) in [6.45, 7) is 1.58. The van der Waals surface area contributed by atoms with Crippen molar-refractivity contribution < 1.29 is 22.4 Å². The van der Waals surface area contributed by atoms with Crippen molar-refractivity contribution in [1.29, 1.82) is 0 Å². The molecular formula is C12H18ClNO5S. The van der Waals surface area contributed by atoms with Crippen LogP contribution in [0.2, 0.25) is 5.02 Å². The maximum Gasteiger partial charge on any atom is 0.335 e. The monoisotopic (exact) mass is 323 g/mol. The maximum atomic E-state index is 11.2. The number of hydrogen-bond acceptors (Lipinski definition) is 4. The van der Waals surface area contributed by atoms with Gasteiger partial charge in [-0.25, -0.2) is 0 Å². The van der Waals surface area contributed by atoms with Crippen LogP contribution in [-0.4, -0.2) is 44.3 Å². The molecule has 0 bridgehead atoms. The fourth-order valence-corrected chi connectivity index (χ4v) is 2.51. The van der Waals surface area contributed by atoms with E-state index in [1.807, 2.05) is 0 Å². The molecule has 6 nitrogen and oxygen atoms in total. The van der Waals surface area contributed by atoms with Gasteiger partial charge >= 0.3 is 10.3 Å². The molecule has 1 rings (SSSR count). The van der Waals surface area contributed by atoms with E-state index in [9.17, 15) is 8.42 Å². The molecule has 2 atom stereocenters. The molecule has 0 spiro atoms. The minimum Gasteiger partial charge on any atom is -0.359 e. The Morgan fingerprint density at radius 1 is 1.40 bits per heavy atom. The standard InChI is InChI=1S/C12H18ClNO5S/c1-9(14(2)20(15,16)17)12(19-8-18-3)10-6-4-5-7-11(10)13/h4-7,9,12H,8H2,1-3H3,(H,15,16,17)/t9-,12+/m0/s1. The van der Waals surface area contributed by atoms with Crippen molar-refractivity contribution >= 4 is 21.9 Å². The molecule has 0 fully saturated rings. The minimum absolute atomic E-state index is 0.0282. The molecule has 0 aromatic heterocycles. The first-order valence-corrected chi connectivity index (χ1v) is 7.62. The second-order valence-corrected chi connectivity index (χ2v) is 6.13. The molecular weight excluding hydrogens is 306 g/mol. The molecule has 1 aromatic carbocycles. The van der Waals surface area contributed by atoms with Gasteiger partial charge in [-0.15, -0.1) is 0 Å². The van der Waals surface area contributed by atoms with E-state index in [1.54, 1.807) is 31.2 Å². The normalized spacial score (nSPS) is 15.3. The van der Waals surface area contributed by atoms with E-state index < -0.39 is 22.4 Å². The fourth-order valence-electron chi connectivity index (χ4n) is 1.74. The number of benzene rings is 1. The third-order valence-corrected chi connectivity index (χ3v) is 4.36. The van der Waals surface area contributed by atoms with Gasteiger partial charge in [0.05, 0.1) is 6.04 Å². The second kappa shape index (κ2) is 7.35. The average molecular weight is 324 g/mol. The zero-order chi connectivity index (χ0) is 15.3. The Morgan fingerprint density at radius 2 is 2.00 bits per heavy atom. The van der Waals surface area contributed by atoms with Gasteiger partial charge in [-0.3, -0.25) is 4.55 Å². The Labute approximate surface area is 124 Å². The van der Waals surface area contributed by atoms with Gasteiger partial charge in [0.25, 0.3) is 0 Å². The van der Waals surface area contributed by atoms with E-state index in [0.717, 1.165) is 4.31 Å². The van der Waals surface area contributed by atoms with Crippen LogP contribution in [0.5, 0.6) is 0 Å². The van der Waals surface area contributed by atoms with E-state index in [4.69, 9.17) is 25.6 Å². The van der Waals surface area contributed by atoms with Crippen LogP contribution in [-0.2, 0) is 19.8 Å². The molecule has 0 aliphatic carbocycles. The lowest BCUT2D eigenvalue weighted by Crippen LogP contribution is -2.39. The highest BCUT2D eigenvalue weighted by Crippen LogP contribution is 2.30. The van der Waals surface area contributed by atoms with Crippen LogP contribution < -0.4 is 0 Å². The summed E-state index contributed by atoms with van der Waals surface area (Å²) >= 11 is 6.11. The Kier molecular flexibility index (Phi) is 6.38. The van der Waals surface area contributed by atoms with Gasteiger partial charge in [0.2, 0.25) is 0 Å². The van der Waals surface area contributed by atoms with Gasteiger partial charge in [-0.05, 0) is 13.0 Å². The van der Waals surface area contributed by atoms with Crippen molar-refractivity contribution in [2.75, 3.05) is 21.0 Å². The van der Waals surface area contributed by atoms with Crippen LogP contribution in [0, 0.1) is 0 Å². The molecule has 1 N–H and O–H groups in total. The molecule has 0 amide bonds. The first kappa shape index (κ1) is 17.4. The van der Waals surface area contributed by atoms with Crippen LogP contribution in [0.4, 0.5) is 0 Å². The molecule has 0 radical (unpaired) electrons. The van der Waals surface area contributed by atoms with Crippen LogP contribution in [0.3, 0.4) is 0 Å². The number of methoxy groups -OCH3 is 1. The third kappa shape index (κ3) is 4.41. The number of rotatable bonds is 7. The smallest absolute Gasteiger partial charge is 0.335 e. The quantitative estimate of drug-likeness (QED) is 0.614. The van der Waals surface area contributed by atoms with Crippen LogP contribution in [0.15, 0.2) is 24.3 Å². The molecule has 114 valence electrons. The van der Waals surface area contributed by atoms with Crippen molar-refractivity contribution in [3.05, 3.63) is 34.9 Å². The summed E-state index contributed by atoms with van der Waals surface area (Å²) in [4.78, 5) is 0. The molecule has 1 aromatic rings. The van der Waals surface area contributed by atoms with Gasteiger partial charge in [-0.1, -0.05) is 29.8 Å². The Balaban J connectivity index is 3.10. The van der Waals surface area contributed by atoms with Crippen LogP contribution in [0.1, 0.15) is 18.6 Å². The third-order valence-electron chi connectivity index (χ3n) is 2.95. The van der Waals surface area contributed by atoms with Crippen molar-refractivity contribution in [2.24, 2.45) is 0 Å². The summed E-state index contributed by atoms with van der Waals surface area (Å²) in [6, 6.07) is 6.28. The largest absolute Gasteiger partial charge is 0.359 e. The van der Waals surface area contributed by atoms with E-state index in [2.05, 4.69) is 0 Å². The highest BCUT2D eigenvalue weighted by molar-refractivity contribution is 7.83.